The third-order valence-corrected chi connectivity index (χ3v) is 3.81. The predicted octanol–water partition coefficient (Wildman–Crippen LogP) is 1.76. The van der Waals surface area contributed by atoms with Crippen molar-refractivity contribution in [3.8, 4) is 17.2 Å². The lowest BCUT2D eigenvalue weighted by Gasteiger charge is -2.13. The van der Waals surface area contributed by atoms with Gasteiger partial charge >= 0.3 is 5.97 Å². The van der Waals surface area contributed by atoms with Gasteiger partial charge in [0.15, 0.2) is 18.1 Å². The van der Waals surface area contributed by atoms with Crippen molar-refractivity contribution in [2.45, 2.75) is 0 Å². The smallest absolute Gasteiger partial charge is 0.338 e. The van der Waals surface area contributed by atoms with Crippen LogP contribution in [-0.2, 0) is 14.3 Å². The van der Waals surface area contributed by atoms with E-state index in [1.165, 1.54) is 57.7 Å². The number of methoxy groups -OCH3 is 3. The number of ether oxygens (including phenoxy) is 4. The second kappa shape index (κ2) is 10.6. The van der Waals surface area contributed by atoms with E-state index >= 15 is 0 Å². The van der Waals surface area contributed by atoms with Crippen molar-refractivity contribution in [2.24, 2.45) is 0 Å². The zero-order valence-electron chi connectivity index (χ0n) is 16.6. The molecule has 0 heterocycles. The normalized spacial score (nSPS) is 10.0. The molecule has 0 unspecified atom stereocenters. The van der Waals surface area contributed by atoms with E-state index in [9.17, 15) is 18.8 Å². The van der Waals surface area contributed by atoms with E-state index in [1.807, 2.05) is 0 Å². The van der Waals surface area contributed by atoms with Crippen LogP contribution in [0.15, 0.2) is 36.4 Å². The number of esters is 1. The van der Waals surface area contributed by atoms with E-state index in [-0.39, 0.29) is 23.6 Å². The molecule has 0 radical (unpaired) electrons. The Labute approximate surface area is 172 Å². The highest BCUT2D eigenvalue weighted by molar-refractivity contribution is 5.96. The number of rotatable bonds is 9. The molecular weight excluding hydrogens is 399 g/mol. The number of carbonyl (C=O) groups is 3. The minimum absolute atomic E-state index is 0.0892. The Morgan fingerprint density at radius 2 is 1.50 bits per heavy atom. The molecule has 2 aromatic carbocycles. The van der Waals surface area contributed by atoms with E-state index in [1.54, 1.807) is 0 Å². The van der Waals surface area contributed by atoms with Gasteiger partial charge in [0, 0.05) is 5.69 Å². The Kier molecular flexibility index (Phi) is 7.98. The van der Waals surface area contributed by atoms with Crippen LogP contribution in [0.4, 0.5) is 10.1 Å². The van der Waals surface area contributed by atoms with Gasteiger partial charge in [0.25, 0.3) is 5.91 Å². The number of carbonyl (C=O) groups excluding carboxylic acids is 3. The van der Waals surface area contributed by atoms with Crippen molar-refractivity contribution >= 4 is 23.5 Å². The molecule has 2 amide bonds. The number of amides is 2. The molecule has 0 bridgehead atoms. The second-order valence-corrected chi connectivity index (χ2v) is 5.82. The SMILES string of the molecule is COc1cc(C(=O)OCC(=O)NCC(=O)Nc2ccc(F)cc2)cc(OC)c1OC. The Morgan fingerprint density at radius 1 is 0.900 bits per heavy atom. The minimum atomic E-state index is -0.792. The fraction of sp³-hybridized carbons (Fsp3) is 0.250. The summed E-state index contributed by atoms with van der Waals surface area (Å²) < 4.78 is 33.3. The van der Waals surface area contributed by atoms with E-state index in [2.05, 4.69) is 10.6 Å². The Bertz CT molecular complexity index is 891. The molecule has 0 spiro atoms. The van der Waals surface area contributed by atoms with Gasteiger partial charge in [0.2, 0.25) is 11.7 Å². The van der Waals surface area contributed by atoms with E-state index < -0.39 is 30.2 Å². The molecule has 2 aromatic rings. The first-order valence-electron chi connectivity index (χ1n) is 8.67. The maximum absolute atomic E-state index is 12.8. The third-order valence-electron chi connectivity index (χ3n) is 3.81. The Hall–Kier alpha value is -3.82. The molecule has 10 heteroatoms. The highest BCUT2D eigenvalue weighted by Crippen LogP contribution is 2.38. The maximum Gasteiger partial charge on any atom is 0.338 e. The molecule has 2 rings (SSSR count). The molecule has 0 aliphatic rings. The first-order chi connectivity index (χ1) is 14.4. The Balaban J connectivity index is 1.86. The maximum atomic E-state index is 12.8. The summed E-state index contributed by atoms with van der Waals surface area (Å²) in [5.74, 6) is -1.61. The zero-order chi connectivity index (χ0) is 22.1. The van der Waals surface area contributed by atoms with Crippen LogP contribution in [-0.4, -0.2) is 52.3 Å². The second-order valence-electron chi connectivity index (χ2n) is 5.82. The van der Waals surface area contributed by atoms with Crippen LogP contribution >= 0.6 is 0 Å². The number of anilines is 1. The van der Waals surface area contributed by atoms with Crippen molar-refractivity contribution in [1.29, 1.82) is 0 Å². The molecule has 160 valence electrons. The van der Waals surface area contributed by atoms with Crippen LogP contribution in [0.2, 0.25) is 0 Å². The van der Waals surface area contributed by atoms with Crippen molar-refractivity contribution in [3.05, 3.63) is 47.8 Å². The molecular formula is C20H21FN2O7. The van der Waals surface area contributed by atoms with E-state index in [0.29, 0.717) is 11.4 Å². The van der Waals surface area contributed by atoms with E-state index in [0.717, 1.165) is 0 Å². The molecule has 0 aliphatic heterocycles. The molecule has 0 saturated heterocycles. The van der Waals surface area contributed by atoms with Crippen molar-refractivity contribution in [1.82, 2.24) is 5.32 Å². The molecule has 0 aliphatic carbocycles. The summed E-state index contributed by atoms with van der Waals surface area (Å²) in [6, 6.07) is 7.92. The lowest BCUT2D eigenvalue weighted by atomic mass is 10.2. The fourth-order valence-electron chi connectivity index (χ4n) is 2.38. The molecule has 0 atom stereocenters. The summed E-state index contributed by atoms with van der Waals surface area (Å²) in [5, 5.41) is 4.80. The number of benzene rings is 2. The minimum Gasteiger partial charge on any atom is -0.493 e. The molecule has 0 saturated carbocycles. The zero-order valence-corrected chi connectivity index (χ0v) is 16.6. The molecule has 0 fully saturated rings. The average molecular weight is 420 g/mol. The van der Waals surface area contributed by atoms with Crippen LogP contribution in [0, 0.1) is 5.82 Å². The molecule has 9 nitrogen and oxygen atoms in total. The number of nitrogens with one attached hydrogen (secondary N) is 2. The van der Waals surface area contributed by atoms with Gasteiger partial charge in [-0.2, -0.15) is 0 Å². The highest BCUT2D eigenvalue weighted by atomic mass is 19.1. The van der Waals surface area contributed by atoms with Crippen LogP contribution in [0.3, 0.4) is 0 Å². The van der Waals surface area contributed by atoms with Crippen molar-refractivity contribution in [2.75, 3.05) is 39.8 Å². The standard InChI is InChI=1S/C20H21FN2O7/c1-27-15-8-12(9-16(28-2)19(15)29-3)20(26)30-11-18(25)22-10-17(24)23-14-6-4-13(21)5-7-14/h4-9H,10-11H2,1-3H3,(H,22,25)(H,23,24). The summed E-state index contributed by atoms with van der Waals surface area (Å²) >= 11 is 0. The van der Waals surface area contributed by atoms with E-state index in [4.69, 9.17) is 18.9 Å². The third kappa shape index (κ3) is 6.09. The molecule has 0 aromatic heterocycles. The fourth-order valence-corrected chi connectivity index (χ4v) is 2.38. The number of hydrogen-bond acceptors (Lipinski definition) is 7. The van der Waals surface area contributed by atoms with Gasteiger partial charge in [-0.15, -0.1) is 0 Å². The number of halogens is 1. The van der Waals surface area contributed by atoms with Gasteiger partial charge in [-0.3, -0.25) is 9.59 Å². The van der Waals surface area contributed by atoms with Crippen molar-refractivity contribution in [3.63, 3.8) is 0 Å². The summed E-state index contributed by atoms with van der Waals surface area (Å²) in [6.45, 7) is -0.947. The van der Waals surface area contributed by atoms with Crippen molar-refractivity contribution < 1.29 is 37.7 Å². The lowest BCUT2D eigenvalue weighted by molar-refractivity contribution is -0.126. The van der Waals surface area contributed by atoms with Crippen LogP contribution in [0.25, 0.3) is 0 Å². The van der Waals surface area contributed by atoms with Gasteiger partial charge in [-0.1, -0.05) is 0 Å². The topological polar surface area (TPSA) is 112 Å². The van der Waals surface area contributed by atoms with Gasteiger partial charge in [0.05, 0.1) is 33.4 Å². The first kappa shape index (κ1) is 22.5. The highest BCUT2D eigenvalue weighted by Gasteiger charge is 2.18. The summed E-state index contributed by atoms with van der Waals surface area (Å²) in [4.78, 5) is 35.9. The summed E-state index contributed by atoms with van der Waals surface area (Å²) in [6.07, 6.45) is 0. The van der Waals surface area contributed by atoms with Gasteiger partial charge in [-0.25, -0.2) is 9.18 Å². The molecule has 2 N–H and O–H groups in total. The van der Waals surface area contributed by atoms with Gasteiger partial charge in [-0.05, 0) is 36.4 Å². The van der Waals surface area contributed by atoms with Gasteiger partial charge < -0.3 is 29.6 Å². The van der Waals surface area contributed by atoms with Crippen LogP contribution in [0.5, 0.6) is 17.2 Å². The summed E-state index contributed by atoms with van der Waals surface area (Å²) in [5.41, 5.74) is 0.468. The predicted molar refractivity (Wildman–Crippen MR) is 104 cm³/mol. The molecule has 30 heavy (non-hydrogen) atoms. The first-order valence-corrected chi connectivity index (χ1v) is 8.67. The number of hydrogen-bond donors (Lipinski definition) is 2. The largest absolute Gasteiger partial charge is 0.493 e. The quantitative estimate of drug-likeness (QED) is 0.595. The lowest BCUT2D eigenvalue weighted by Crippen LogP contribution is -2.35. The average Bonchev–Trinajstić information content (AvgIpc) is 2.76. The Morgan fingerprint density at radius 3 is 2.03 bits per heavy atom. The summed E-state index contributed by atoms with van der Waals surface area (Å²) in [7, 11) is 4.22. The van der Waals surface area contributed by atoms with Gasteiger partial charge in [0.1, 0.15) is 5.82 Å². The monoisotopic (exact) mass is 420 g/mol. The van der Waals surface area contributed by atoms with Crippen LogP contribution < -0.4 is 24.8 Å². The van der Waals surface area contributed by atoms with Crippen LogP contribution in [0.1, 0.15) is 10.4 Å².